The van der Waals surface area contributed by atoms with Crippen molar-refractivity contribution >= 4 is 23.5 Å². The van der Waals surface area contributed by atoms with Gasteiger partial charge in [-0.05, 0) is 46.7 Å². The summed E-state index contributed by atoms with van der Waals surface area (Å²) >= 11 is 4.19. The predicted molar refractivity (Wildman–Crippen MR) is 68.9 cm³/mol. The molecule has 18 heavy (non-hydrogen) atoms. The molecule has 0 aromatic carbocycles. The van der Waals surface area contributed by atoms with E-state index in [4.69, 9.17) is 15.0 Å². The van der Waals surface area contributed by atoms with Gasteiger partial charge < -0.3 is 20.3 Å². The summed E-state index contributed by atoms with van der Waals surface area (Å²) in [5.74, 6) is 0. The largest absolute Gasteiger partial charge is 0.469 e. The van der Waals surface area contributed by atoms with Gasteiger partial charge in [-0.3, -0.25) is 4.79 Å². The number of ether oxygens (including phenoxy) is 1. The van der Waals surface area contributed by atoms with Crippen LogP contribution in [0.15, 0.2) is 0 Å². The van der Waals surface area contributed by atoms with Crippen molar-refractivity contribution in [1.82, 2.24) is 5.32 Å². The minimum absolute atomic E-state index is 0.0266. The SMILES string of the molecule is CC(C)(C)OC=O.O=C(O)Cl.OC1CCNCC1. The molecule has 0 bridgehead atoms. The number of halogens is 1. The van der Waals surface area contributed by atoms with Gasteiger partial charge in [0, 0.05) is 11.6 Å². The van der Waals surface area contributed by atoms with E-state index in [-0.39, 0.29) is 11.7 Å². The fourth-order valence-corrected chi connectivity index (χ4v) is 0.951. The Hall–Kier alpha value is -0.850. The van der Waals surface area contributed by atoms with Crippen LogP contribution in [0.5, 0.6) is 0 Å². The third-order valence-electron chi connectivity index (χ3n) is 1.71. The lowest BCUT2D eigenvalue weighted by Crippen LogP contribution is -2.30. The summed E-state index contributed by atoms with van der Waals surface area (Å²) in [4.78, 5) is 18.4. The summed E-state index contributed by atoms with van der Waals surface area (Å²) in [5.41, 5.74) is -1.68. The summed E-state index contributed by atoms with van der Waals surface area (Å²) in [6.07, 6.45) is 1.83. The number of piperidine rings is 1. The highest BCUT2D eigenvalue weighted by molar-refractivity contribution is 6.60. The third kappa shape index (κ3) is 24.4. The Morgan fingerprint density at radius 1 is 1.39 bits per heavy atom. The molecule has 0 aromatic heterocycles. The van der Waals surface area contributed by atoms with E-state index in [1.807, 2.05) is 20.8 Å². The van der Waals surface area contributed by atoms with E-state index in [0.717, 1.165) is 25.9 Å². The van der Waals surface area contributed by atoms with Gasteiger partial charge in [0.1, 0.15) is 5.60 Å². The highest BCUT2D eigenvalue weighted by Crippen LogP contribution is 2.02. The van der Waals surface area contributed by atoms with Crippen molar-refractivity contribution in [2.75, 3.05) is 13.1 Å². The standard InChI is InChI=1S/C5H11NO.C5H10O2.CHClO2/c7-5-1-3-6-4-2-5;1-5(2,3)7-4-6;2-1(3)4/h5-7H,1-4H2;4H,1-3H3;(H,3,4). The number of carbonyl (C=O) groups excluding carboxylic acids is 1. The smallest absolute Gasteiger partial charge is 0.401 e. The number of hydrogen-bond acceptors (Lipinski definition) is 5. The second kappa shape index (κ2) is 11.3. The quantitative estimate of drug-likeness (QED) is 0.500. The zero-order chi connectivity index (χ0) is 14.6. The number of nitrogens with one attached hydrogen (secondary N) is 1. The fourth-order valence-electron chi connectivity index (χ4n) is 0.951. The Morgan fingerprint density at radius 3 is 1.89 bits per heavy atom. The van der Waals surface area contributed by atoms with Crippen LogP contribution in [-0.2, 0) is 9.53 Å². The summed E-state index contributed by atoms with van der Waals surface area (Å²) in [6.45, 7) is 7.90. The van der Waals surface area contributed by atoms with Crippen molar-refractivity contribution < 1.29 is 24.5 Å². The van der Waals surface area contributed by atoms with Crippen molar-refractivity contribution in [3.05, 3.63) is 0 Å². The van der Waals surface area contributed by atoms with Crippen LogP contribution in [0.2, 0.25) is 0 Å². The molecule has 0 saturated carbocycles. The Morgan fingerprint density at radius 2 is 1.78 bits per heavy atom. The van der Waals surface area contributed by atoms with Gasteiger partial charge in [-0.15, -0.1) is 0 Å². The molecule has 1 aliphatic heterocycles. The number of aliphatic hydroxyl groups excluding tert-OH is 1. The highest BCUT2D eigenvalue weighted by Gasteiger charge is 2.07. The van der Waals surface area contributed by atoms with Gasteiger partial charge in [-0.25, -0.2) is 4.79 Å². The van der Waals surface area contributed by atoms with E-state index in [9.17, 15) is 4.79 Å². The maximum Gasteiger partial charge on any atom is 0.401 e. The number of carbonyl (C=O) groups is 2. The topological polar surface area (TPSA) is 95.9 Å². The van der Waals surface area contributed by atoms with E-state index >= 15 is 0 Å². The van der Waals surface area contributed by atoms with Crippen molar-refractivity contribution in [2.24, 2.45) is 0 Å². The van der Waals surface area contributed by atoms with Crippen LogP contribution >= 0.6 is 11.6 Å². The van der Waals surface area contributed by atoms with E-state index in [1.165, 1.54) is 0 Å². The van der Waals surface area contributed by atoms with Gasteiger partial charge in [0.2, 0.25) is 0 Å². The van der Waals surface area contributed by atoms with Gasteiger partial charge >= 0.3 is 5.43 Å². The second-order valence-electron chi connectivity index (χ2n) is 4.56. The monoisotopic (exact) mass is 283 g/mol. The van der Waals surface area contributed by atoms with Crippen LogP contribution in [-0.4, -0.2) is 46.9 Å². The Kier molecular flexibility index (Phi) is 12.2. The normalized spacial score (nSPS) is 15.4. The van der Waals surface area contributed by atoms with E-state index in [2.05, 4.69) is 21.7 Å². The van der Waals surface area contributed by atoms with E-state index in [1.54, 1.807) is 0 Å². The van der Waals surface area contributed by atoms with Crippen molar-refractivity contribution in [2.45, 2.75) is 45.3 Å². The number of rotatable bonds is 1. The average molecular weight is 284 g/mol. The molecule has 1 rings (SSSR count). The zero-order valence-electron chi connectivity index (χ0n) is 11.0. The molecule has 0 unspecified atom stereocenters. The Balaban J connectivity index is 0. The summed E-state index contributed by atoms with van der Waals surface area (Å²) in [5, 5.41) is 19.2. The molecule has 1 saturated heterocycles. The molecule has 0 atom stereocenters. The molecule has 1 aliphatic rings. The van der Waals surface area contributed by atoms with Gasteiger partial charge in [0.15, 0.2) is 0 Å². The molecule has 0 aromatic rings. The first-order valence-electron chi connectivity index (χ1n) is 5.57. The first kappa shape index (κ1) is 19.5. The first-order valence-corrected chi connectivity index (χ1v) is 5.95. The van der Waals surface area contributed by atoms with Crippen LogP contribution in [0.4, 0.5) is 4.79 Å². The maximum absolute atomic E-state index is 9.60. The molecule has 0 amide bonds. The lowest BCUT2D eigenvalue weighted by atomic mass is 10.1. The molecule has 3 N–H and O–H groups in total. The molecule has 6 nitrogen and oxygen atoms in total. The Bertz CT molecular complexity index is 220. The van der Waals surface area contributed by atoms with E-state index < -0.39 is 5.43 Å². The van der Waals surface area contributed by atoms with Crippen molar-refractivity contribution in [3.8, 4) is 0 Å². The maximum atomic E-state index is 9.60. The molecular formula is C11H22ClNO5. The van der Waals surface area contributed by atoms with Gasteiger partial charge in [0.05, 0.1) is 6.10 Å². The molecule has 108 valence electrons. The van der Waals surface area contributed by atoms with Crippen LogP contribution in [0.3, 0.4) is 0 Å². The third-order valence-corrected chi connectivity index (χ3v) is 1.71. The molecule has 1 fully saturated rings. The van der Waals surface area contributed by atoms with Crippen LogP contribution in [0, 0.1) is 0 Å². The zero-order valence-corrected chi connectivity index (χ0v) is 11.7. The van der Waals surface area contributed by atoms with Crippen molar-refractivity contribution in [1.29, 1.82) is 0 Å². The second-order valence-corrected chi connectivity index (χ2v) is 4.88. The van der Waals surface area contributed by atoms with E-state index in [0.29, 0.717) is 6.47 Å². The van der Waals surface area contributed by atoms with Crippen LogP contribution in [0.25, 0.3) is 0 Å². The van der Waals surface area contributed by atoms with Gasteiger partial charge in [-0.1, -0.05) is 0 Å². The molecule has 1 heterocycles. The fraction of sp³-hybridized carbons (Fsp3) is 0.818. The minimum atomic E-state index is -1.36. The van der Waals surface area contributed by atoms with Crippen LogP contribution < -0.4 is 5.32 Å². The van der Waals surface area contributed by atoms with Gasteiger partial charge in [0.25, 0.3) is 6.47 Å². The molecule has 0 radical (unpaired) electrons. The number of hydrogen-bond donors (Lipinski definition) is 3. The number of carboxylic acid groups (broad SMARTS) is 1. The van der Waals surface area contributed by atoms with Gasteiger partial charge in [-0.2, -0.15) is 0 Å². The minimum Gasteiger partial charge on any atom is -0.469 e. The molecule has 0 aliphatic carbocycles. The Labute approximate surface area is 112 Å². The number of aliphatic hydroxyl groups is 1. The van der Waals surface area contributed by atoms with Crippen molar-refractivity contribution in [3.63, 3.8) is 0 Å². The average Bonchev–Trinajstić information content (AvgIpc) is 2.16. The summed E-state index contributed by atoms with van der Waals surface area (Å²) in [7, 11) is 0. The lowest BCUT2D eigenvalue weighted by molar-refractivity contribution is -0.138. The predicted octanol–water partition coefficient (Wildman–Crippen LogP) is 1.59. The molecule has 7 heteroatoms. The molecular weight excluding hydrogens is 262 g/mol. The molecule has 0 spiro atoms. The summed E-state index contributed by atoms with van der Waals surface area (Å²) < 4.78 is 4.55. The highest BCUT2D eigenvalue weighted by atomic mass is 35.5. The first-order chi connectivity index (χ1) is 8.19. The van der Waals surface area contributed by atoms with Crippen LogP contribution in [0.1, 0.15) is 33.6 Å². The lowest BCUT2D eigenvalue weighted by Gasteiger charge is -2.16. The summed E-state index contributed by atoms with van der Waals surface area (Å²) in [6, 6.07) is 0.